The zero-order chi connectivity index (χ0) is 20.2. The van der Waals surface area contributed by atoms with Crippen LogP contribution in [0.25, 0.3) is 11.0 Å². The molecule has 7 heteroatoms. The van der Waals surface area contributed by atoms with E-state index in [0.717, 1.165) is 62.0 Å². The quantitative estimate of drug-likeness (QED) is 0.314. The van der Waals surface area contributed by atoms with E-state index in [1.54, 1.807) is 0 Å². The van der Waals surface area contributed by atoms with Gasteiger partial charge in [0.2, 0.25) is 0 Å². The van der Waals surface area contributed by atoms with E-state index in [1.807, 2.05) is 25.2 Å². The lowest BCUT2D eigenvalue weighted by Crippen LogP contribution is -2.53. The molecule has 3 aromatic rings. The third-order valence-electron chi connectivity index (χ3n) is 5.79. The molecule has 2 heterocycles. The van der Waals surface area contributed by atoms with Crippen molar-refractivity contribution >= 4 is 46.7 Å². The van der Waals surface area contributed by atoms with Crippen LogP contribution in [0.5, 0.6) is 0 Å². The Hall–Kier alpha value is -2.29. The minimum Gasteiger partial charge on any atom is -0.368 e. The highest BCUT2D eigenvalue weighted by atomic mass is 127. The van der Waals surface area contributed by atoms with Gasteiger partial charge in [-0.3, -0.25) is 4.99 Å². The number of aromatic amines is 1. The largest absolute Gasteiger partial charge is 0.368 e. The maximum atomic E-state index is 4.65. The number of hydrogen-bond acceptors (Lipinski definition) is 3. The number of nitrogens with zero attached hydrogens (tertiary/aromatic N) is 4. The molecule has 4 rings (SSSR count). The molecule has 6 nitrogen and oxygen atoms in total. The highest BCUT2D eigenvalue weighted by molar-refractivity contribution is 14.0. The molecule has 0 atom stereocenters. The lowest BCUT2D eigenvalue weighted by Gasteiger charge is -2.38. The summed E-state index contributed by atoms with van der Waals surface area (Å²) in [5.41, 5.74) is 6.21. The molecule has 160 valence electrons. The molecule has 0 radical (unpaired) electrons. The molecule has 0 unspecified atom stereocenters. The average Bonchev–Trinajstić information content (AvgIpc) is 3.16. The van der Waals surface area contributed by atoms with Crippen LogP contribution in [0.15, 0.2) is 47.5 Å². The maximum Gasteiger partial charge on any atom is 0.193 e. The van der Waals surface area contributed by atoms with Crippen LogP contribution in [0.2, 0.25) is 0 Å². The second kappa shape index (κ2) is 10.1. The fourth-order valence-electron chi connectivity index (χ4n) is 3.99. The van der Waals surface area contributed by atoms with Crippen LogP contribution in [0.4, 0.5) is 5.69 Å². The van der Waals surface area contributed by atoms with Gasteiger partial charge in [-0.1, -0.05) is 24.3 Å². The molecule has 0 amide bonds. The molecule has 30 heavy (non-hydrogen) atoms. The summed E-state index contributed by atoms with van der Waals surface area (Å²) in [6.07, 6.45) is 0.843. The molecule has 0 saturated carbocycles. The summed E-state index contributed by atoms with van der Waals surface area (Å²) < 4.78 is 0. The van der Waals surface area contributed by atoms with Gasteiger partial charge in [0.25, 0.3) is 0 Å². The summed E-state index contributed by atoms with van der Waals surface area (Å²) in [6, 6.07) is 14.7. The number of benzene rings is 2. The number of aryl methyl sites for hydroxylation is 1. The van der Waals surface area contributed by atoms with Gasteiger partial charge < -0.3 is 20.1 Å². The Morgan fingerprint density at radius 1 is 1.07 bits per heavy atom. The van der Waals surface area contributed by atoms with E-state index in [2.05, 4.69) is 68.2 Å². The van der Waals surface area contributed by atoms with Gasteiger partial charge in [0.1, 0.15) is 5.82 Å². The number of anilines is 1. The Balaban J connectivity index is 0.00000256. The number of halogens is 1. The van der Waals surface area contributed by atoms with Crippen molar-refractivity contribution in [2.75, 3.05) is 44.7 Å². The summed E-state index contributed by atoms with van der Waals surface area (Å²) in [6.45, 7) is 9.17. The summed E-state index contributed by atoms with van der Waals surface area (Å²) in [7, 11) is 1.86. The Labute approximate surface area is 195 Å². The Morgan fingerprint density at radius 3 is 2.57 bits per heavy atom. The summed E-state index contributed by atoms with van der Waals surface area (Å²) >= 11 is 0. The number of aromatic nitrogens is 2. The number of para-hydroxylation sites is 2. The van der Waals surface area contributed by atoms with Gasteiger partial charge in [0.15, 0.2) is 5.96 Å². The Kier molecular flexibility index (Phi) is 7.58. The van der Waals surface area contributed by atoms with Crippen molar-refractivity contribution in [2.45, 2.75) is 20.3 Å². The monoisotopic (exact) mass is 518 g/mol. The molecular formula is C23H31IN6. The van der Waals surface area contributed by atoms with Crippen LogP contribution in [0.1, 0.15) is 17.0 Å². The number of aliphatic imine (C=N–C) groups is 1. The van der Waals surface area contributed by atoms with Gasteiger partial charge >= 0.3 is 0 Å². The van der Waals surface area contributed by atoms with Crippen molar-refractivity contribution in [1.29, 1.82) is 0 Å². The van der Waals surface area contributed by atoms with Gasteiger partial charge in [-0.05, 0) is 43.2 Å². The van der Waals surface area contributed by atoms with E-state index < -0.39 is 0 Å². The first kappa shape index (κ1) is 22.4. The number of hydrogen-bond donors (Lipinski definition) is 2. The van der Waals surface area contributed by atoms with Gasteiger partial charge in [0.05, 0.1) is 11.0 Å². The van der Waals surface area contributed by atoms with Crippen molar-refractivity contribution in [2.24, 2.45) is 4.99 Å². The SMILES string of the molecule is CN=C(NCCc1nc2ccccc2[nH]1)N1CCN(c2cccc(C)c2C)CC1.I. The van der Waals surface area contributed by atoms with Gasteiger partial charge in [-0.15, -0.1) is 24.0 Å². The van der Waals surface area contributed by atoms with E-state index in [9.17, 15) is 0 Å². The highest BCUT2D eigenvalue weighted by Crippen LogP contribution is 2.23. The Bertz CT molecular complexity index is 971. The molecule has 2 N–H and O–H groups in total. The lowest BCUT2D eigenvalue weighted by molar-refractivity contribution is 0.372. The Morgan fingerprint density at radius 2 is 1.83 bits per heavy atom. The number of piperazine rings is 1. The molecule has 1 fully saturated rings. The molecule has 2 aromatic carbocycles. The fourth-order valence-corrected chi connectivity index (χ4v) is 3.99. The van der Waals surface area contributed by atoms with Crippen LogP contribution < -0.4 is 10.2 Å². The second-order valence-electron chi connectivity index (χ2n) is 7.62. The summed E-state index contributed by atoms with van der Waals surface area (Å²) in [5, 5.41) is 3.50. The third kappa shape index (κ3) is 4.88. The van der Waals surface area contributed by atoms with Crippen LogP contribution >= 0.6 is 24.0 Å². The topological polar surface area (TPSA) is 59.6 Å². The highest BCUT2D eigenvalue weighted by Gasteiger charge is 2.21. The smallest absolute Gasteiger partial charge is 0.193 e. The van der Waals surface area contributed by atoms with Crippen LogP contribution in [0.3, 0.4) is 0 Å². The predicted octanol–water partition coefficient (Wildman–Crippen LogP) is 3.74. The van der Waals surface area contributed by atoms with Crippen molar-refractivity contribution < 1.29 is 0 Å². The molecule has 1 aliphatic heterocycles. The number of fused-ring (bicyclic) bond motifs is 1. The zero-order valence-corrected chi connectivity index (χ0v) is 20.3. The van der Waals surface area contributed by atoms with Gasteiger partial charge in [0, 0.05) is 51.9 Å². The fraction of sp³-hybridized carbons (Fsp3) is 0.391. The normalized spacial score (nSPS) is 14.7. The van der Waals surface area contributed by atoms with Crippen LogP contribution in [0, 0.1) is 13.8 Å². The van der Waals surface area contributed by atoms with Crippen LogP contribution in [-0.4, -0.2) is 60.6 Å². The number of H-pyrrole nitrogens is 1. The molecule has 1 aliphatic rings. The maximum absolute atomic E-state index is 4.65. The molecular weight excluding hydrogens is 487 g/mol. The molecule has 1 aromatic heterocycles. The van der Waals surface area contributed by atoms with E-state index in [-0.39, 0.29) is 24.0 Å². The van der Waals surface area contributed by atoms with Crippen molar-refractivity contribution in [3.8, 4) is 0 Å². The van der Waals surface area contributed by atoms with Crippen LogP contribution in [-0.2, 0) is 6.42 Å². The van der Waals surface area contributed by atoms with Crippen molar-refractivity contribution in [3.05, 3.63) is 59.4 Å². The molecule has 0 aliphatic carbocycles. The molecule has 1 saturated heterocycles. The van der Waals surface area contributed by atoms with E-state index in [4.69, 9.17) is 0 Å². The summed E-state index contributed by atoms with van der Waals surface area (Å²) in [5.74, 6) is 1.98. The number of guanidine groups is 1. The van der Waals surface area contributed by atoms with Crippen molar-refractivity contribution in [1.82, 2.24) is 20.2 Å². The van der Waals surface area contributed by atoms with Crippen molar-refractivity contribution in [3.63, 3.8) is 0 Å². The zero-order valence-electron chi connectivity index (χ0n) is 18.0. The van der Waals surface area contributed by atoms with Gasteiger partial charge in [-0.2, -0.15) is 0 Å². The predicted molar refractivity (Wildman–Crippen MR) is 136 cm³/mol. The number of rotatable bonds is 4. The number of nitrogens with one attached hydrogen (secondary N) is 2. The minimum atomic E-state index is 0. The number of imidazole rings is 1. The van der Waals surface area contributed by atoms with E-state index in [1.165, 1.54) is 16.8 Å². The first-order valence-electron chi connectivity index (χ1n) is 10.4. The minimum absolute atomic E-state index is 0. The lowest BCUT2D eigenvalue weighted by atomic mass is 10.1. The average molecular weight is 518 g/mol. The first-order valence-corrected chi connectivity index (χ1v) is 10.4. The van der Waals surface area contributed by atoms with E-state index >= 15 is 0 Å². The van der Waals surface area contributed by atoms with E-state index in [0.29, 0.717) is 0 Å². The standard InChI is InChI=1S/C23H30N6.HI/c1-17-7-6-10-21(18(17)2)28-13-15-29(16-14-28)23(24-3)25-12-11-22-26-19-8-4-5-9-20(19)27-22;/h4-10H,11-16H2,1-3H3,(H,24,25)(H,26,27);1H. The third-order valence-corrected chi connectivity index (χ3v) is 5.79. The summed E-state index contributed by atoms with van der Waals surface area (Å²) in [4.78, 5) is 17.4. The first-order chi connectivity index (χ1) is 14.2. The molecule has 0 bridgehead atoms. The second-order valence-corrected chi connectivity index (χ2v) is 7.62. The van der Waals surface area contributed by atoms with Gasteiger partial charge in [-0.25, -0.2) is 4.98 Å². The molecule has 0 spiro atoms.